The van der Waals surface area contributed by atoms with Crippen LogP contribution >= 0.6 is 0 Å². The molecule has 2 N–H and O–H groups in total. The molecule has 2 nitrogen and oxygen atoms in total. The van der Waals surface area contributed by atoms with E-state index < -0.39 is 0 Å². The highest BCUT2D eigenvalue weighted by Crippen LogP contribution is 2.36. The van der Waals surface area contributed by atoms with Crippen LogP contribution in [0.2, 0.25) is 0 Å². The summed E-state index contributed by atoms with van der Waals surface area (Å²) >= 11 is 0. The summed E-state index contributed by atoms with van der Waals surface area (Å²) in [5, 5.41) is 0. The van der Waals surface area contributed by atoms with E-state index in [-0.39, 0.29) is 0 Å². The third-order valence-electron chi connectivity index (χ3n) is 3.07. The van der Waals surface area contributed by atoms with Crippen molar-refractivity contribution >= 4 is 0 Å². The summed E-state index contributed by atoms with van der Waals surface area (Å²) in [6.07, 6.45) is 3.55. The molecule has 1 aromatic rings. The van der Waals surface area contributed by atoms with Crippen molar-refractivity contribution in [1.82, 2.24) is 0 Å². The first kappa shape index (κ1) is 9.53. The Morgan fingerprint density at radius 3 is 3.07 bits per heavy atom. The second-order valence-corrected chi connectivity index (χ2v) is 3.88. The highest BCUT2D eigenvalue weighted by molar-refractivity contribution is 5.41. The van der Waals surface area contributed by atoms with Crippen LogP contribution in [0.4, 0.5) is 0 Å². The first-order valence-electron chi connectivity index (χ1n) is 5.22. The molecule has 1 aromatic carbocycles. The van der Waals surface area contributed by atoms with Gasteiger partial charge in [-0.1, -0.05) is 6.07 Å². The van der Waals surface area contributed by atoms with Gasteiger partial charge in [-0.3, -0.25) is 0 Å². The van der Waals surface area contributed by atoms with Gasteiger partial charge in [-0.2, -0.15) is 0 Å². The Bertz CT molecular complexity index is 320. The van der Waals surface area contributed by atoms with Crippen LogP contribution in [0.1, 0.15) is 29.9 Å². The summed E-state index contributed by atoms with van der Waals surface area (Å²) in [5.74, 6) is 1.62. The number of rotatable bonds is 3. The molecular formula is C12H17NO. The molecule has 0 amide bonds. The minimum atomic E-state index is 0.657. The van der Waals surface area contributed by atoms with E-state index in [0.29, 0.717) is 5.92 Å². The van der Waals surface area contributed by atoms with Gasteiger partial charge in [0.05, 0.1) is 7.11 Å². The molecule has 0 unspecified atom stereocenters. The second kappa shape index (κ2) is 4.01. The summed E-state index contributed by atoms with van der Waals surface area (Å²) < 4.78 is 5.23. The van der Waals surface area contributed by atoms with Crippen molar-refractivity contribution in [2.45, 2.75) is 25.2 Å². The van der Waals surface area contributed by atoms with Crippen LogP contribution in [0.3, 0.4) is 0 Å². The third kappa shape index (κ3) is 1.62. The van der Waals surface area contributed by atoms with Crippen molar-refractivity contribution in [1.29, 1.82) is 0 Å². The molecule has 0 aromatic heterocycles. The van der Waals surface area contributed by atoms with Gasteiger partial charge in [-0.25, -0.2) is 0 Å². The number of ether oxygens (including phenoxy) is 1. The normalized spacial score (nSPS) is 19.4. The molecular weight excluding hydrogens is 174 g/mol. The SMILES string of the molecule is COc1ccc2c(c1)[C@H](CCN)CC2. The van der Waals surface area contributed by atoms with Crippen molar-refractivity contribution < 1.29 is 4.74 Å². The minimum Gasteiger partial charge on any atom is -0.497 e. The molecule has 0 radical (unpaired) electrons. The molecule has 76 valence electrons. The van der Waals surface area contributed by atoms with Crippen molar-refractivity contribution in [2.75, 3.05) is 13.7 Å². The second-order valence-electron chi connectivity index (χ2n) is 3.88. The number of hydrogen-bond donors (Lipinski definition) is 1. The Balaban J connectivity index is 2.27. The zero-order valence-electron chi connectivity index (χ0n) is 8.62. The van der Waals surface area contributed by atoms with Gasteiger partial charge in [0.1, 0.15) is 5.75 Å². The van der Waals surface area contributed by atoms with E-state index in [9.17, 15) is 0 Å². The van der Waals surface area contributed by atoms with Crippen molar-refractivity contribution in [3.63, 3.8) is 0 Å². The van der Waals surface area contributed by atoms with E-state index in [1.807, 2.05) is 6.07 Å². The van der Waals surface area contributed by atoms with Gasteiger partial charge in [-0.15, -0.1) is 0 Å². The standard InChI is InChI=1S/C12H17NO/c1-14-11-5-4-9-2-3-10(6-7-13)12(9)8-11/h4-5,8,10H,2-3,6-7,13H2,1H3/t10-/m0/s1. The van der Waals surface area contributed by atoms with Crippen LogP contribution < -0.4 is 10.5 Å². The van der Waals surface area contributed by atoms with Crippen LogP contribution in [0.5, 0.6) is 5.75 Å². The smallest absolute Gasteiger partial charge is 0.119 e. The maximum absolute atomic E-state index is 5.60. The van der Waals surface area contributed by atoms with E-state index in [0.717, 1.165) is 18.7 Å². The summed E-state index contributed by atoms with van der Waals surface area (Å²) in [6, 6.07) is 6.40. The quantitative estimate of drug-likeness (QED) is 0.793. The van der Waals surface area contributed by atoms with E-state index in [1.165, 1.54) is 24.0 Å². The summed E-state index contributed by atoms with van der Waals surface area (Å²) in [7, 11) is 1.72. The molecule has 2 rings (SSSR count). The fourth-order valence-corrected chi connectivity index (χ4v) is 2.29. The van der Waals surface area contributed by atoms with Crippen molar-refractivity contribution in [3.8, 4) is 5.75 Å². The molecule has 1 atom stereocenters. The van der Waals surface area contributed by atoms with Crippen LogP contribution in [0.15, 0.2) is 18.2 Å². The van der Waals surface area contributed by atoms with Gasteiger partial charge >= 0.3 is 0 Å². The van der Waals surface area contributed by atoms with Crippen molar-refractivity contribution in [2.24, 2.45) is 5.73 Å². The van der Waals surface area contributed by atoms with E-state index in [2.05, 4.69) is 12.1 Å². The summed E-state index contributed by atoms with van der Waals surface area (Å²) in [6.45, 7) is 0.779. The monoisotopic (exact) mass is 191 g/mol. The van der Waals surface area contributed by atoms with E-state index in [1.54, 1.807) is 7.11 Å². The molecule has 1 aliphatic rings. The average molecular weight is 191 g/mol. The number of benzene rings is 1. The number of fused-ring (bicyclic) bond motifs is 1. The number of methoxy groups -OCH3 is 1. The maximum atomic E-state index is 5.60. The molecule has 0 fully saturated rings. The first-order chi connectivity index (χ1) is 6.85. The lowest BCUT2D eigenvalue weighted by molar-refractivity contribution is 0.414. The van der Waals surface area contributed by atoms with Gasteiger partial charge in [0.2, 0.25) is 0 Å². The van der Waals surface area contributed by atoms with Gasteiger partial charge < -0.3 is 10.5 Å². The Kier molecular flexibility index (Phi) is 2.73. The fraction of sp³-hybridized carbons (Fsp3) is 0.500. The molecule has 0 aliphatic heterocycles. The Morgan fingerprint density at radius 2 is 2.36 bits per heavy atom. The fourth-order valence-electron chi connectivity index (χ4n) is 2.29. The van der Waals surface area contributed by atoms with Gasteiger partial charge in [0, 0.05) is 0 Å². The Morgan fingerprint density at radius 1 is 1.50 bits per heavy atom. The topological polar surface area (TPSA) is 35.2 Å². The zero-order chi connectivity index (χ0) is 9.97. The Hall–Kier alpha value is -1.02. The molecule has 0 spiro atoms. The molecule has 0 heterocycles. The zero-order valence-corrected chi connectivity index (χ0v) is 8.62. The van der Waals surface area contributed by atoms with E-state index in [4.69, 9.17) is 10.5 Å². The van der Waals surface area contributed by atoms with Gasteiger partial charge in [0.25, 0.3) is 0 Å². The molecule has 2 heteroatoms. The highest BCUT2D eigenvalue weighted by Gasteiger charge is 2.21. The van der Waals surface area contributed by atoms with Crippen LogP contribution in [-0.2, 0) is 6.42 Å². The van der Waals surface area contributed by atoms with Crippen LogP contribution in [0.25, 0.3) is 0 Å². The minimum absolute atomic E-state index is 0.657. The number of nitrogens with two attached hydrogens (primary N) is 1. The lowest BCUT2D eigenvalue weighted by atomic mass is 9.98. The highest BCUT2D eigenvalue weighted by atomic mass is 16.5. The summed E-state index contributed by atoms with van der Waals surface area (Å²) in [4.78, 5) is 0. The lowest BCUT2D eigenvalue weighted by Crippen LogP contribution is -2.04. The molecule has 14 heavy (non-hydrogen) atoms. The Labute approximate surface area is 85.1 Å². The van der Waals surface area contributed by atoms with Crippen LogP contribution in [-0.4, -0.2) is 13.7 Å². The third-order valence-corrected chi connectivity index (χ3v) is 3.07. The summed E-state index contributed by atoms with van der Waals surface area (Å²) in [5.41, 5.74) is 8.53. The van der Waals surface area contributed by atoms with Gasteiger partial charge in [-0.05, 0) is 55.0 Å². The van der Waals surface area contributed by atoms with Crippen molar-refractivity contribution in [3.05, 3.63) is 29.3 Å². The predicted octanol–water partition coefficient (Wildman–Crippen LogP) is 2.07. The predicted molar refractivity (Wildman–Crippen MR) is 57.7 cm³/mol. The molecule has 0 saturated carbocycles. The largest absolute Gasteiger partial charge is 0.497 e. The first-order valence-corrected chi connectivity index (χ1v) is 5.22. The van der Waals surface area contributed by atoms with Crippen LogP contribution in [0, 0.1) is 0 Å². The maximum Gasteiger partial charge on any atom is 0.119 e. The van der Waals surface area contributed by atoms with E-state index >= 15 is 0 Å². The molecule has 1 aliphatic carbocycles. The number of hydrogen-bond acceptors (Lipinski definition) is 2. The molecule has 0 bridgehead atoms. The average Bonchev–Trinajstić information content (AvgIpc) is 2.61. The molecule has 0 saturated heterocycles. The lowest BCUT2D eigenvalue weighted by Gasteiger charge is -2.10. The van der Waals surface area contributed by atoms with Gasteiger partial charge in [0.15, 0.2) is 0 Å². The number of aryl methyl sites for hydroxylation is 1.